The van der Waals surface area contributed by atoms with Crippen molar-refractivity contribution in [3.63, 3.8) is 0 Å². The summed E-state index contributed by atoms with van der Waals surface area (Å²) in [6, 6.07) is 8.08. The molecule has 1 heterocycles. The van der Waals surface area contributed by atoms with Gasteiger partial charge in [0.15, 0.2) is 5.75 Å². The molecule has 0 atom stereocenters. The maximum atomic E-state index is 13.0. The Morgan fingerprint density at radius 3 is 2.56 bits per heavy atom. The first kappa shape index (κ1) is 19.7. The second-order valence-electron chi connectivity index (χ2n) is 6.33. The topological polar surface area (TPSA) is 75.7 Å². The van der Waals surface area contributed by atoms with Crippen molar-refractivity contribution in [2.24, 2.45) is 0 Å². The highest BCUT2D eigenvalue weighted by molar-refractivity contribution is 7.89. The number of carbonyl (C=O) groups excluding carboxylic acids is 1. The zero-order chi connectivity index (χ0) is 19.8. The summed E-state index contributed by atoms with van der Waals surface area (Å²) in [6.07, 6.45) is 0.674. The van der Waals surface area contributed by atoms with Crippen LogP contribution in [0.2, 0.25) is 5.02 Å². The summed E-state index contributed by atoms with van der Waals surface area (Å²) in [4.78, 5) is 12.6. The Morgan fingerprint density at radius 1 is 1.15 bits per heavy atom. The Hall–Kier alpha value is -2.09. The Kier molecular flexibility index (Phi) is 5.46. The van der Waals surface area contributed by atoms with Crippen LogP contribution in [-0.4, -0.2) is 31.7 Å². The number of anilines is 1. The third-order valence-corrected chi connectivity index (χ3v) is 6.76. The van der Waals surface area contributed by atoms with Crippen molar-refractivity contribution in [1.29, 1.82) is 0 Å². The van der Waals surface area contributed by atoms with Crippen molar-refractivity contribution >= 4 is 33.2 Å². The maximum Gasteiger partial charge on any atom is 0.259 e. The van der Waals surface area contributed by atoms with Crippen LogP contribution in [0.5, 0.6) is 11.5 Å². The number of ether oxygens (including phenoxy) is 1. The number of rotatable bonds is 5. The Morgan fingerprint density at radius 2 is 1.89 bits per heavy atom. The van der Waals surface area contributed by atoms with E-state index in [1.165, 1.54) is 16.4 Å². The number of fused-ring (bicyclic) bond motifs is 2. The van der Waals surface area contributed by atoms with Crippen molar-refractivity contribution in [2.75, 3.05) is 18.4 Å². The standard InChI is InChI=1S/C19H21ClN2O4S/c1-4-8-22(5-2)27(24,25)18-10-13-17(11-14(18)20)26-16-7-6-12(3)9-15(16)21-19(13)23/h6-7,9-11H,4-5,8H2,1-3H3,(H,21,23). The molecule has 1 N–H and O–H groups in total. The summed E-state index contributed by atoms with van der Waals surface area (Å²) in [5, 5.41) is 2.79. The minimum Gasteiger partial charge on any atom is -0.454 e. The predicted molar refractivity (Wildman–Crippen MR) is 105 cm³/mol. The first-order valence-electron chi connectivity index (χ1n) is 8.71. The lowest BCUT2D eigenvalue weighted by atomic mass is 10.2. The molecule has 0 aromatic heterocycles. The van der Waals surface area contributed by atoms with Gasteiger partial charge in [-0.3, -0.25) is 4.79 Å². The zero-order valence-electron chi connectivity index (χ0n) is 15.4. The smallest absolute Gasteiger partial charge is 0.259 e. The van der Waals surface area contributed by atoms with E-state index in [0.717, 1.165) is 5.56 Å². The number of sulfonamides is 1. The largest absolute Gasteiger partial charge is 0.454 e. The van der Waals surface area contributed by atoms with Gasteiger partial charge in [0.1, 0.15) is 10.6 Å². The summed E-state index contributed by atoms with van der Waals surface area (Å²) < 4.78 is 33.1. The van der Waals surface area contributed by atoms with Gasteiger partial charge in [-0.05, 0) is 37.1 Å². The minimum absolute atomic E-state index is 0.0201. The molecule has 0 bridgehead atoms. The quantitative estimate of drug-likeness (QED) is 0.794. The summed E-state index contributed by atoms with van der Waals surface area (Å²) in [7, 11) is -3.82. The number of halogens is 1. The summed E-state index contributed by atoms with van der Waals surface area (Å²) >= 11 is 6.28. The van der Waals surface area contributed by atoms with Crippen LogP contribution in [0.3, 0.4) is 0 Å². The van der Waals surface area contributed by atoms with Crippen LogP contribution in [-0.2, 0) is 10.0 Å². The predicted octanol–water partition coefficient (Wildman–Crippen LogP) is 4.43. The van der Waals surface area contributed by atoms with E-state index in [1.807, 2.05) is 19.9 Å². The molecule has 1 aliphatic rings. The molecule has 0 spiro atoms. The second kappa shape index (κ2) is 7.50. The minimum atomic E-state index is -3.82. The van der Waals surface area contributed by atoms with Crippen LogP contribution in [0.4, 0.5) is 5.69 Å². The molecule has 6 nitrogen and oxygen atoms in total. The van der Waals surface area contributed by atoms with E-state index in [2.05, 4.69) is 5.32 Å². The average molecular weight is 409 g/mol. The van der Waals surface area contributed by atoms with Gasteiger partial charge in [0.2, 0.25) is 10.0 Å². The maximum absolute atomic E-state index is 13.0. The van der Waals surface area contributed by atoms with Gasteiger partial charge in [0.05, 0.1) is 16.3 Å². The SMILES string of the molecule is CCCN(CC)S(=O)(=O)c1cc2c(cc1Cl)Oc1ccc(C)cc1NC2=O. The highest BCUT2D eigenvalue weighted by atomic mass is 35.5. The van der Waals surface area contributed by atoms with E-state index in [-0.39, 0.29) is 21.2 Å². The molecule has 1 aliphatic heterocycles. The molecule has 2 aromatic carbocycles. The lowest BCUT2D eigenvalue weighted by molar-refractivity contribution is 0.102. The van der Waals surface area contributed by atoms with Crippen molar-refractivity contribution in [1.82, 2.24) is 4.31 Å². The van der Waals surface area contributed by atoms with Crippen LogP contribution >= 0.6 is 11.6 Å². The van der Waals surface area contributed by atoms with Gasteiger partial charge >= 0.3 is 0 Å². The molecule has 0 saturated heterocycles. The van der Waals surface area contributed by atoms with E-state index in [0.29, 0.717) is 30.9 Å². The molecule has 0 fully saturated rings. The Balaban J connectivity index is 2.11. The second-order valence-corrected chi connectivity index (χ2v) is 8.64. The average Bonchev–Trinajstić information content (AvgIpc) is 2.73. The van der Waals surface area contributed by atoms with Crippen LogP contribution in [0.1, 0.15) is 36.2 Å². The van der Waals surface area contributed by atoms with Gasteiger partial charge < -0.3 is 10.1 Å². The van der Waals surface area contributed by atoms with E-state index >= 15 is 0 Å². The number of nitrogens with zero attached hydrogens (tertiary/aromatic N) is 1. The molecule has 144 valence electrons. The fourth-order valence-electron chi connectivity index (χ4n) is 2.97. The third-order valence-electron chi connectivity index (χ3n) is 4.33. The number of carbonyl (C=O) groups is 1. The number of aryl methyl sites for hydroxylation is 1. The first-order valence-corrected chi connectivity index (χ1v) is 10.5. The van der Waals surface area contributed by atoms with Crippen molar-refractivity contribution in [3.8, 4) is 11.5 Å². The molecule has 0 radical (unpaired) electrons. The fraction of sp³-hybridized carbons (Fsp3) is 0.316. The zero-order valence-corrected chi connectivity index (χ0v) is 16.9. The van der Waals surface area contributed by atoms with Crippen LogP contribution in [0.15, 0.2) is 35.2 Å². The molecule has 1 amide bonds. The molecule has 2 aromatic rings. The van der Waals surface area contributed by atoms with Gasteiger partial charge in [-0.15, -0.1) is 0 Å². The number of amides is 1. The van der Waals surface area contributed by atoms with Gasteiger partial charge in [-0.25, -0.2) is 8.42 Å². The van der Waals surface area contributed by atoms with Gasteiger partial charge in [0, 0.05) is 19.2 Å². The molecule has 27 heavy (non-hydrogen) atoms. The monoisotopic (exact) mass is 408 g/mol. The fourth-order valence-corrected chi connectivity index (χ4v) is 5.03. The summed E-state index contributed by atoms with van der Waals surface area (Å²) in [5.41, 5.74) is 1.61. The van der Waals surface area contributed by atoms with Gasteiger partial charge in [0.25, 0.3) is 5.91 Å². The molecular weight excluding hydrogens is 388 g/mol. The van der Waals surface area contributed by atoms with Crippen LogP contribution < -0.4 is 10.1 Å². The van der Waals surface area contributed by atoms with E-state index in [9.17, 15) is 13.2 Å². The van der Waals surface area contributed by atoms with E-state index < -0.39 is 15.9 Å². The number of nitrogens with one attached hydrogen (secondary N) is 1. The first-order chi connectivity index (χ1) is 12.8. The normalized spacial score (nSPS) is 13.4. The molecule has 8 heteroatoms. The highest BCUT2D eigenvalue weighted by Gasteiger charge is 2.30. The van der Waals surface area contributed by atoms with E-state index in [4.69, 9.17) is 16.3 Å². The van der Waals surface area contributed by atoms with E-state index in [1.54, 1.807) is 19.1 Å². The Bertz CT molecular complexity index is 1010. The number of benzene rings is 2. The van der Waals surface area contributed by atoms with Crippen molar-refractivity contribution in [3.05, 3.63) is 46.5 Å². The molecule has 0 unspecified atom stereocenters. The molecule has 3 rings (SSSR count). The van der Waals surface area contributed by atoms with Gasteiger partial charge in [-0.1, -0.05) is 31.5 Å². The van der Waals surface area contributed by atoms with Crippen LogP contribution in [0.25, 0.3) is 0 Å². The highest BCUT2D eigenvalue weighted by Crippen LogP contribution is 2.39. The van der Waals surface area contributed by atoms with Crippen molar-refractivity contribution < 1.29 is 17.9 Å². The lowest BCUT2D eigenvalue weighted by Gasteiger charge is -2.21. The van der Waals surface area contributed by atoms with Crippen LogP contribution in [0, 0.1) is 6.92 Å². The molecular formula is C19H21ClN2O4S. The number of hydrogen-bond acceptors (Lipinski definition) is 4. The third kappa shape index (κ3) is 3.67. The molecule has 0 aliphatic carbocycles. The summed E-state index contributed by atoms with van der Waals surface area (Å²) in [6.45, 7) is 6.26. The Labute approximate surface area is 164 Å². The van der Waals surface area contributed by atoms with Gasteiger partial charge in [-0.2, -0.15) is 4.31 Å². The van der Waals surface area contributed by atoms with Crippen molar-refractivity contribution in [2.45, 2.75) is 32.1 Å². The lowest BCUT2D eigenvalue weighted by Crippen LogP contribution is -2.32. The summed E-state index contributed by atoms with van der Waals surface area (Å²) in [5.74, 6) is 0.249. The molecule has 0 saturated carbocycles. The number of hydrogen-bond donors (Lipinski definition) is 1.